The third kappa shape index (κ3) is 5.01. The topological polar surface area (TPSA) is 54.5 Å². The molecule has 1 fully saturated rings. The van der Waals surface area contributed by atoms with Gasteiger partial charge in [0.05, 0.1) is 0 Å². The van der Waals surface area contributed by atoms with Crippen LogP contribution >= 0.6 is 11.6 Å². The lowest BCUT2D eigenvalue weighted by Gasteiger charge is -2.24. The van der Waals surface area contributed by atoms with Crippen LogP contribution in [0.2, 0.25) is 5.15 Å². The van der Waals surface area contributed by atoms with Crippen LogP contribution in [0.25, 0.3) is 5.57 Å². The highest BCUT2D eigenvalue weighted by molar-refractivity contribution is 6.29. The van der Waals surface area contributed by atoms with Gasteiger partial charge < -0.3 is 10.6 Å². The number of allylic oxidation sites excluding steroid dienone is 1. The van der Waals surface area contributed by atoms with Crippen molar-refractivity contribution in [3.8, 4) is 0 Å². The molecule has 1 saturated heterocycles. The fourth-order valence-corrected chi connectivity index (χ4v) is 1.85. The number of pyridine rings is 1. The zero-order chi connectivity index (χ0) is 14.3. The molecule has 2 N–H and O–H groups in total. The smallest absolute Gasteiger partial charge is 0.129 e. The first-order valence-corrected chi connectivity index (χ1v) is 6.61. The fourth-order valence-electron chi connectivity index (χ4n) is 1.64. The van der Waals surface area contributed by atoms with E-state index in [1.165, 1.54) is 25.7 Å². The minimum Gasteiger partial charge on any atom is -0.404 e. The van der Waals surface area contributed by atoms with Gasteiger partial charge in [-0.05, 0) is 45.1 Å². The van der Waals surface area contributed by atoms with Crippen molar-refractivity contribution in [1.29, 1.82) is 0 Å². The van der Waals surface area contributed by atoms with Crippen molar-refractivity contribution in [2.24, 2.45) is 10.7 Å². The molecule has 5 heteroatoms. The average Bonchev–Trinajstić information content (AvgIpc) is 2.35. The van der Waals surface area contributed by atoms with Gasteiger partial charge >= 0.3 is 0 Å². The SMILES string of the molecule is CN1CCC1.CN=C/C(=C\N)c1cnc(Cl)cc1C. The van der Waals surface area contributed by atoms with E-state index in [-0.39, 0.29) is 0 Å². The van der Waals surface area contributed by atoms with Crippen molar-refractivity contribution in [3.05, 3.63) is 34.7 Å². The van der Waals surface area contributed by atoms with Crippen LogP contribution in [0.1, 0.15) is 17.5 Å². The number of halogens is 1. The summed E-state index contributed by atoms with van der Waals surface area (Å²) in [6, 6.07) is 1.80. The molecule has 0 atom stereocenters. The summed E-state index contributed by atoms with van der Waals surface area (Å²) in [6.45, 7) is 4.59. The molecule has 4 nitrogen and oxygen atoms in total. The van der Waals surface area contributed by atoms with E-state index >= 15 is 0 Å². The Bertz CT molecular complexity index is 465. The van der Waals surface area contributed by atoms with E-state index in [1.807, 2.05) is 6.92 Å². The van der Waals surface area contributed by atoms with E-state index in [0.717, 1.165) is 16.7 Å². The number of likely N-dealkylation sites (tertiary alicyclic amines) is 1. The summed E-state index contributed by atoms with van der Waals surface area (Å²) in [5.74, 6) is 0. The van der Waals surface area contributed by atoms with Crippen LogP contribution in [0, 0.1) is 6.92 Å². The molecule has 1 aromatic heterocycles. The predicted molar refractivity (Wildman–Crippen MR) is 82.7 cm³/mol. The van der Waals surface area contributed by atoms with Gasteiger partial charge in [-0.3, -0.25) is 4.99 Å². The molecule has 2 rings (SSSR count). The van der Waals surface area contributed by atoms with Crippen LogP contribution in [0.3, 0.4) is 0 Å². The number of aryl methyl sites for hydroxylation is 1. The van der Waals surface area contributed by atoms with Crippen LogP contribution < -0.4 is 5.73 Å². The van der Waals surface area contributed by atoms with Crippen LogP contribution in [0.5, 0.6) is 0 Å². The van der Waals surface area contributed by atoms with E-state index < -0.39 is 0 Å². The molecule has 0 amide bonds. The Kier molecular flexibility index (Phi) is 6.53. The standard InChI is InChI=1S/C10H12ClN3.C4H9N/c1-7-3-10(11)14-6-9(7)8(4-12)5-13-2;1-5-3-2-4-5/h3-6H,12H2,1-2H3;2-4H2,1H3/b8-4+,13-5?;. The van der Waals surface area contributed by atoms with E-state index in [9.17, 15) is 0 Å². The van der Waals surface area contributed by atoms with Gasteiger partial charge in [0.2, 0.25) is 0 Å². The number of hydrogen-bond donors (Lipinski definition) is 1. The van der Waals surface area contributed by atoms with Crippen LogP contribution in [-0.4, -0.2) is 43.3 Å². The van der Waals surface area contributed by atoms with Gasteiger partial charge in [0, 0.05) is 36.8 Å². The lowest BCUT2D eigenvalue weighted by molar-refractivity contribution is 0.229. The summed E-state index contributed by atoms with van der Waals surface area (Å²) in [5.41, 5.74) is 8.30. The molecule has 0 unspecified atom stereocenters. The van der Waals surface area contributed by atoms with Crippen molar-refractivity contribution in [3.63, 3.8) is 0 Å². The third-order valence-electron chi connectivity index (χ3n) is 2.92. The van der Waals surface area contributed by atoms with Crippen molar-refractivity contribution < 1.29 is 0 Å². The number of nitrogens with zero attached hydrogens (tertiary/aromatic N) is 3. The van der Waals surface area contributed by atoms with E-state index in [0.29, 0.717) is 5.15 Å². The van der Waals surface area contributed by atoms with Crippen molar-refractivity contribution >= 4 is 23.4 Å². The number of aromatic nitrogens is 1. The summed E-state index contributed by atoms with van der Waals surface area (Å²) >= 11 is 5.75. The molecular weight excluding hydrogens is 260 g/mol. The van der Waals surface area contributed by atoms with Gasteiger partial charge in [-0.15, -0.1) is 0 Å². The van der Waals surface area contributed by atoms with Gasteiger partial charge in [0.1, 0.15) is 5.15 Å². The first-order valence-electron chi connectivity index (χ1n) is 6.23. The maximum atomic E-state index is 5.75. The molecule has 1 aliphatic heterocycles. The summed E-state index contributed by atoms with van der Waals surface area (Å²) < 4.78 is 0. The third-order valence-corrected chi connectivity index (χ3v) is 3.12. The molecule has 0 saturated carbocycles. The number of aliphatic imine (C=N–C) groups is 1. The summed E-state index contributed by atoms with van der Waals surface area (Å²) in [6.07, 6.45) is 6.30. The second kappa shape index (κ2) is 7.92. The average molecular weight is 281 g/mol. The quantitative estimate of drug-likeness (QED) is 0.668. The molecule has 0 radical (unpaired) electrons. The molecule has 0 bridgehead atoms. The second-order valence-electron chi connectivity index (χ2n) is 4.49. The maximum absolute atomic E-state index is 5.75. The summed E-state index contributed by atoms with van der Waals surface area (Å²) in [4.78, 5) is 10.2. The maximum Gasteiger partial charge on any atom is 0.129 e. The lowest BCUT2D eigenvalue weighted by atomic mass is 10.1. The highest BCUT2D eigenvalue weighted by Gasteiger charge is 2.05. The second-order valence-corrected chi connectivity index (χ2v) is 4.88. The van der Waals surface area contributed by atoms with Gasteiger partial charge in [-0.2, -0.15) is 0 Å². The Morgan fingerprint density at radius 2 is 2.16 bits per heavy atom. The monoisotopic (exact) mass is 280 g/mol. The molecule has 104 valence electrons. The Labute approximate surface area is 120 Å². The molecule has 0 aliphatic carbocycles. The van der Waals surface area contributed by atoms with Gasteiger partial charge in [-0.25, -0.2) is 4.98 Å². The largest absolute Gasteiger partial charge is 0.404 e. The first kappa shape index (κ1) is 15.7. The molecule has 1 aliphatic rings. The molecule has 0 aromatic carbocycles. The molecule has 19 heavy (non-hydrogen) atoms. The molecular formula is C14H21ClN4. The van der Waals surface area contributed by atoms with E-state index in [1.54, 1.807) is 25.5 Å². The molecule has 2 heterocycles. The van der Waals surface area contributed by atoms with E-state index in [2.05, 4.69) is 21.9 Å². The van der Waals surface area contributed by atoms with Crippen molar-refractivity contribution in [2.45, 2.75) is 13.3 Å². The number of rotatable bonds is 2. The van der Waals surface area contributed by atoms with E-state index in [4.69, 9.17) is 17.3 Å². The van der Waals surface area contributed by atoms with Crippen molar-refractivity contribution in [1.82, 2.24) is 9.88 Å². The van der Waals surface area contributed by atoms with Crippen molar-refractivity contribution in [2.75, 3.05) is 27.2 Å². The summed E-state index contributed by atoms with van der Waals surface area (Å²) in [5, 5.41) is 0.482. The Balaban J connectivity index is 0.000000300. The number of hydrogen-bond acceptors (Lipinski definition) is 4. The minimum absolute atomic E-state index is 0.482. The Morgan fingerprint density at radius 3 is 2.53 bits per heavy atom. The van der Waals surface area contributed by atoms with Crippen LogP contribution in [-0.2, 0) is 0 Å². The first-order chi connectivity index (χ1) is 9.08. The normalized spacial score (nSPS) is 15.9. The highest BCUT2D eigenvalue weighted by Crippen LogP contribution is 2.18. The zero-order valence-electron chi connectivity index (χ0n) is 11.7. The fraction of sp³-hybridized carbons (Fsp3) is 0.429. The van der Waals surface area contributed by atoms with Crippen LogP contribution in [0.4, 0.5) is 0 Å². The molecule has 1 aromatic rings. The van der Waals surface area contributed by atoms with Gasteiger partial charge in [-0.1, -0.05) is 11.6 Å². The van der Waals surface area contributed by atoms with Gasteiger partial charge in [0.15, 0.2) is 0 Å². The lowest BCUT2D eigenvalue weighted by Crippen LogP contribution is -2.32. The number of nitrogens with two attached hydrogens (primary N) is 1. The predicted octanol–water partition coefficient (Wildman–Crippen LogP) is 2.37. The summed E-state index contributed by atoms with van der Waals surface area (Å²) in [7, 11) is 3.84. The molecule has 0 spiro atoms. The van der Waals surface area contributed by atoms with Gasteiger partial charge in [0.25, 0.3) is 0 Å². The Morgan fingerprint density at radius 1 is 1.53 bits per heavy atom. The highest BCUT2D eigenvalue weighted by atomic mass is 35.5. The van der Waals surface area contributed by atoms with Crippen LogP contribution in [0.15, 0.2) is 23.5 Å². The zero-order valence-corrected chi connectivity index (χ0v) is 12.5. The minimum atomic E-state index is 0.482. The Hall–Kier alpha value is -1.39.